The predicted octanol–water partition coefficient (Wildman–Crippen LogP) is 7.99. The van der Waals surface area contributed by atoms with Gasteiger partial charge in [-0.2, -0.15) is 0 Å². The fourth-order valence-electron chi connectivity index (χ4n) is 4.78. The van der Waals surface area contributed by atoms with Gasteiger partial charge in [-0.25, -0.2) is 9.59 Å². The smallest absolute Gasteiger partial charge is 0.407 e. The van der Waals surface area contributed by atoms with Crippen LogP contribution in [0.3, 0.4) is 0 Å². The Kier molecular flexibility index (Phi) is 17.6. The van der Waals surface area contributed by atoms with Gasteiger partial charge in [0.25, 0.3) is 0 Å². The Bertz CT molecular complexity index is 711. The number of esters is 1. The molecule has 2 rings (SSSR count). The third-order valence-corrected chi connectivity index (χ3v) is 7.08. The van der Waals surface area contributed by atoms with E-state index in [1.54, 1.807) is 24.3 Å². The first kappa shape index (κ1) is 31.1. The number of unbranched alkanes of at least 4 members (excludes halogenated alkanes) is 14. The predicted molar refractivity (Wildman–Crippen MR) is 149 cm³/mol. The maximum Gasteiger partial charge on any atom is 0.407 e. The Hall–Kier alpha value is -2.08. The van der Waals surface area contributed by atoms with Gasteiger partial charge in [-0.15, -0.1) is 0 Å². The van der Waals surface area contributed by atoms with Gasteiger partial charge in [-0.1, -0.05) is 115 Å². The molecule has 0 spiro atoms. The van der Waals surface area contributed by atoms with E-state index in [0.717, 1.165) is 19.3 Å². The molecule has 1 aliphatic rings. The zero-order chi connectivity index (χ0) is 26.4. The van der Waals surface area contributed by atoms with Crippen LogP contribution in [-0.2, 0) is 14.2 Å². The Morgan fingerprint density at radius 3 is 2.00 bits per heavy atom. The average Bonchev–Trinajstić information content (AvgIpc) is 2.92. The van der Waals surface area contributed by atoms with Gasteiger partial charge in [-0.05, 0) is 31.4 Å². The number of carbonyl (C=O) groups excluding carboxylic acids is 2. The van der Waals surface area contributed by atoms with E-state index in [-0.39, 0.29) is 6.61 Å². The molecule has 1 aromatic carbocycles. The number of carbonyl (C=O) groups is 2. The van der Waals surface area contributed by atoms with Gasteiger partial charge in [-0.3, -0.25) is 0 Å². The second-order valence-electron chi connectivity index (χ2n) is 10.3. The summed E-state index contributed by atoms with van der Waals surface area (Å²) in [6.07, 6.45) is 20.1. The first-order valence-electron chi connectivity index (χ1n) is 15.0. The summed E-state index contributed by atoms with van der Waals surface area (Å²) in [6.45, 7) is 3.55. The molecule has 2 atom stereocenters. The lowest BCUT2D eigenvalue weighted by Gasteiger charge is -2.30. The molecule has 1 fully saturated rings. The van der Waals surface area contributed by atoms with E-state index in [1.165, 1.54) is 83.5 Å². The minimum atomic E-state index is -0.432. The van der Waals surface area contributed by atoms with Crippen molar-refractivity contribution in [1.82, 2.24) is 5.32 Å². The Morgan fingerprint density at radius 2 is 1.41 bits per heavy atom. The van der Waals surface area contributed by atoms with Gasteiger partial charge < -0.3 is 19.5 Å². The first-order chi connectivity index (χ1) is 18.2. The topological polar surface area (TPSA) is 73.9 Å². The molecular weight excluding hydrogens is 466 g/mol. The monoisotopic (exact) mass is 517 g/mol. The molecule has 0 bridgehead atoms. The second kappa shape index (κ2) is 20.9. The standard InChI is InChI=1S/C31H51NO5/c1-2-3-4-5-6-7-8-9-10-11-12-13-14-15-19-24-32-31(34)37-28-23-20-25-35-29(28)26-36-30(33)27-21-17-16-18-22-27/h16-18,21-22,28-29H,2-15,19-20,23-26H2,1H3,(H,32,34)/t28-,29-/m0/s1. The van der Waals surface area contributed by atoms with Crippen molar-refractivity contribution in [3.05, 3.63) is 35.9 Å². The molecule has 1 aliphatic heterocycles. The molecule has 1 aromatic rings. The summed E-state index contributed by atoms with van der Waals surface area (Å²) in [4.78, 5) is 24.5. The molecule has 1 heterocycles. The molecule has 1 amide bonds. The van der Waals surface area contributed by atoms with Crippen molar-refractivity contribution in [2.24, 2.45) is 0 Å². The van der Waals surface area contributed by atoms with Crippen LogP contribution in [0.25, 0.3) is 0 Å². The lowest BCUT2D eigenvalue weighted by atomic mass is 10.0. The lowest BCUT2D eigenvalue weighted by molar-refractivity contribution is -0.100. The molecule has 6 heteroatoms. The van der Waals surface area contributed by atoms with E-state index in [4.69, 9.17) is 14.2 Å². The zero-order valence-corrected chi connectivity index (χ0v) is 23.2. The molecular formula is C31H51NO5. The highest BCUT2D eigenvalue weighted by molar-refractivity contribution is 5.89. The van der Waals surface area contributed by atoms with Gasteiger partial charge >= 0.3 is 12.1 Å². The fourth-order valence-corrected chi connectivity index (χ4v) is 4.78. The van der Waals surface area contributed by atoms with Crippen molar-refractivity contribution < 1.29 is 23.8 Å². The summed E-state index contributed by atoms with van der Waals surface area (Å²) in [5.41, 5.74) is 0.497. The minimum Gasteiger partial charge on any atom is -0.459 e. The number of alkyl carbamates (subject to hydrolysis) is 1. The average molecular weight is 518 g/mol. The lowest BCUT2D eigenvalue weighted by Crippen LogP contribution is -2.43. The third-order valence-electron chi connectivity index (χ3n) is 7.08. The molecule has 0 unspecified atom stereocenters. The van der Waals surface area contributed by atoms with Crippen molar-refractivity contribution >= 4 is 12.1 Å². The number of ether oxygens (including phenoxy) is 3. The third kappa shape index (κ3) is 15.1. The van der Waals surface area contributed by atoms with Crippen molar-refractivity contribution in [3.63, 3.8) is 0 Å². The van der Waals surface area contributed by atoms with Crippen LogP contribution in [0.5, 0.6) is 0 Å². The zero-order valence-electron chi connectivity index (χ0n) is 23.2. The first-order valence-corrected chi connectivity index (χ1v) is 15.0. The van der Waals surface area contributed by atoms with Crippen LogP contribution in [0.1, 0.15) is 126 Å². The Balaban J connectivity index is 1.43. The van der Waals surface area contributed by atoms with E-state index in [2.05, 4.69) is 12.2 Å². The largest absolute Gasteiger partial charge is 0.459 e. The van der Waals surface area contributed by atoms with E-state index >= 15 is 0 Å². The number of benzene rings is 1. The second-order valence-corrected chi connectivity index (χ2v) is 10.3. The summed E-state index contributed by atoms with van der Waals surface area (Å²) in [7, 11) is 0. The normalized spacial score (nSPS) is 17.3. The highest BCUT2D eigenvalue weighted by Crippen LogP contribution is 2.19. The van der Waals surface area contributed by atoms with Crippen molar-refractivity contribution in [2.75, 3.05) is 19.8 Å². The van der Waals surface area contributed by atoms with Gasteiger partial charge in [0.1, 0.15) is 18.8 Å². The number of hydrogen-bond donors (Lipinski definition) is 1. The summed E-state index contributed by atoms with van der Waals surface area (Å²) in [6, 6.07) is 8.86. The minimum absolute atomic E-state index is 0.0741. The molecule has 0 radical (unpaired) electrons. The van der Waals surface area contributed by atoms with E-state index in [9.17, 15) is 9.59 Å². The highest BCUT2D eigenvalue weighted by Gasteiger charge is 2.30. The van der Waals surface area contributed by atoms with Crippen molar-refractivity contribution in [1.29, 1.82) is 0 Å². The summed E-state index contributed by atoms with van der Waals surface area (Å²) < 4.78 is 16.7. The SMILES string of the molecule is CCCCCCCCCCCCCCCCCNC(=O)O[C@H]1CCCO[C@H]1COC(=O)c1ccccc1. The van der Waals surface area contributed by atoms with Crippen LogP contribution < -0.4 is 5.32 Å². The summed E-state index contributed by atoms with van der Waals surface area (Å²) in [5, 5.41) is 2.86. The number of amides is 1. The van der Waals surface area contributed by atoms with E-state index in [0.29, 0.717) is 25.1 Å². The van der Waals surface area contributed by atoms with Crippen LogP contribution in [0, 0.1) is 0 Å². The molecule has 1 N–H and O–H groups in total. The molecule has 210 valence electrons. The molecule has 37 heavy (non-hydrogen) atoms. The van der Waals surface area contributed by atoms with Crippen LogP contribution in [0.15, 0.2) is 30.3 Å². The van der Waals surface area contributed by atoms with Crippen LogP contribution in [-0.4, -0.2) is 44.0 Å². The van der Waals surface area contributed by atoms with Crippen LogP contribution in [0.4, 0.5) is 4.79 Å². The fraction of sp³-hybridized carbons (Fsp3) is 0.742. The quantitative estimate of drug-likeness (QED) is 0.140. The van der Waals surface area contributed by atoms with Gasteiger partial charge in [0.05, 0.1) is 5.56 Å². The Morgan fingerprint density at radius 1 is 0.838 bits per heavy atom. The van der Waals surface area contributed by atoms with E-state index in [1.807, 2.05) is 6.07 Å². The van der Waals surface area contributed by atoms with Crippen molar-refractivity contribution in [2.45, 2.75) is 128 Å². The summed E-state index contributed by atoms with van der Waals surface area (Å²) in [5.74, 6) is -0.397. The molecule has 1 saturated heterocycles. The van der Waals surface area contributed by atoms with Gasteiger partial charge in [0.2, 0.25) is 0 Å². The maximum absolute atomic E-state index is 12.3. The van der Waals surface area contributed by atoms with Crippen LogP contribution >= 0.6 is 0 Å². The maximum atomic E-state index is 12.3. The molecule has 0 aliphatic carbocycles. The summed E-state index contributed by atoms with van der Waals surface area (Å²) >= 11 is 0. The van der Waals surface area contributed by atoms with Gasteiger partial charge in [0, 0.05) is 13.2 Å². The Labute approximate surface area is 225 Å². The number of hydrogen-bond acceptors (Lipinski definition) is 5. The van der Waals surface area contributed by atoms with Crippen molar-refractivity contribution in [3.8, 4) is 0 Å². The van der Waals surface area contributed by atoms with Gasteiger partial charge in [0.15, 0.2) is 0 Å². The molecule has 6 nitrogen and oxygen atoms in total. The number of nitrogens with one attached hydrogen (secondary N) is 1. The van der Waals surface area contributed by atoms with Crippen LogP contribution in [0.2, 0.25) is 0 Å². The highest BCUT2D eigenvalue weighted by atomic mass is 16.6. The van der Waals surface area contributed by atoms with E-state index < -0.39 is 24.3 Å². The molecule has 0 aromatic heterocycles. The number of rotatable bonds is 20. The molecule has 0 saturated carbocycles.